The fraction of sp³-hybridized carbons (Fsp3) is 0.571. The number of hydrogen-bond donors (Lipinski definition) is 1. The van der Waals surface area contributed by atoms with Gasteiger partial charge in [-0.1, -0.05) is 6.92 Å². The summed E-state index contributed by atoms with van der Waals surface area (Å²) in [5, 5.41) is 19.2. The zero-order chi connectivity index (χ0) is 10.7. The van der Waals surface area contributed by atoms with Gasteiger partial charge in [0, 0.05) is 13.2 Å². The molecular weight excluding hydrogens is 210 g/mol. The van der Waals surface area contributed by atoms with Gasteiger partial charge in [-0.25, -0.2) is 0 Å². The summed E-state index contributed by atoms with van der Waals surface area (Å²) in [4.78, 5) is 13.3. The Morgan fingerprint density at radius 3 is 2.93 bits per heavy atom. The molecule has 14 heavy (non-hydrogen) atoms. The minimum atomic E-state index is -0.605. The van der Waals surface area contributed by atoms with Crippen molar-refractivity contribution in [2.24, 2.45) is 5.92 Å². The van der Waals surface area contributed by atoms with E-state index in [0.717, 1.165) is 0 Å². The normalized spacial score (nSPS) is 12.8. The first kappa shape index (κ1) is 10.9. The minimum Gasteiger partial charge on any atom is -0.396 e. The summed E-state index contributed by atoms with van der Waals surface area (Å²) in [6.45, 7) is 2.22. The smallest absolute Gasteiger partial charge is 0.383 e. The molecule has 0 aliphatic rings. The highest BCUT2D eigenvalue weighted by molar-refractivity contribution is 6.28. The molecule has 0 radical (unpaired) electrons. The van der Waals surface area contributed by atoms with Crippen molar-refractivity contribution in [2.75, 3.05) is 6.61 Å². The zero-order valence-corrected chi connectivity index (χ0v) is 8.31. The Balaban J connectivity index is 2.82. The molecule has 0 unspecified atom stereocenters. The first-order valence-corrected chi connectivity index (χ1v) is 4.40. The third-order valence-corrected chi connectivity index (χ3v) is 2.02. The van der Waals surface area contributed by atoms with Crippen molar-refractivity contribution in [1.82, 2.24) is 9.55 Å². The van der Waals surface area contributed by atoms with E-state index in [1.54, 1.807) is 0 Å². The molecule has 0 aromatic carbocycles. The average molecular weight is 220 g/mol. The summed E-state index contributed by atoms with van der Waals surface area (Å²) in [5.41, 5.74) is 0. The maximum atomic E-state index is 10.3. The van der Waals surface area contributed by atoms with E-state index >= 15 is 0 Å². The summed E-state index contributed by atoms with van der Waals surface area (Å²) in [6, 6.07) is 0. The van der Waals surface area contributed by atoms with Crippen molar-refractivity contribution in [1.29, 1.82) is 0 Å². The molecule has 0 bridgehead atoms. The van der Waals surface area contributed by atoms with E-state index < -0.39 is 4.92 Å². The highest BCUT2D eigenvalue weighted by Gasteiger charge is 2.17. The molecule has 0 spiro atoms. The average Bonchev–Trinajstić information content (AvgIpc) is 2.48. The molecule has 1 N–H and O–H groups in total. The van der Waals surface area contributed by atoms with E-state index in [1.807, 2.05) is 6.92 Å². The molecule has 0 fully saturated rings. The maximum Gasteiger partial charge on any atom is 0.383 e. The fourth-order valence-corrected chi connectivity index (χ4v) is 1.19. The summed E-state index contributed by atoms with van der Waals surface area (Å²) in [5.74, 6) is -0.290. The van der Waals surface area contributed by atoms with Crippen LogP contribution in [-0.4, -0.2) is 26.2 Å². The number of aliphatic hydroxyl groups is 1. The molecule has 0 aliphatic carbocycles. The van der Waals surface area contributed by atoms with Crippen LogP contribution in [-0.2, 0) is 6.54 Å². The first-order valence-electron chi connectivity index (χ1n) is 4.02. The minimum absolute atomic E-state index is 0.00229. The quantitative estimate of drug-likeness (QED) is 0.607. The molecular formula is C7H10ClN3O3. The molecule has 78 valence electrons. The monoisotopic (exact) mass is 219 g/mol. The SMILES string of the molecule is C[C@H](CO)Cn1cc([N+](=O)[O-])nc1Cl. The molecule has 1 rings (SSSR count). The predicted molar refractivity (Wildman–Crippen MR) is 50.1 cm³/mol. The van der Waals surface area contributed by atoms with Gasteiger partial charge in [-0.15, -0.1) is 0 Å². The van der Waals surface area contributed by atoms with Gasteiger partial charge in [-0.3, -0.25) is 4.57 Å². The molecule has 0 amide bonds. The van der Waals surface area contributed by atoms with Crippen LogP contribution < -0.4 is 0 Å². The zero-order valence-electron chi connectivity index (χ0n) is 7.55. The van der Waals surface area contributed by atoms with E-state index in [4.69, 9.17) is 16.7 Å². The molecule has 1 aromatic heterocycles. The van der Waals surface area contributed by atoms with Gasteiger partial charge in [0.2, 0.25) is 0 Å². The summed E-state index contributed by atoms with van der Waals surface area (Å²) in [6.07, 6.45) is 1.26. The lowest BCUT2D eigenvalue weighted by Gasteiger charge is -2.06. The van der Waals surface area contributed by atoms with Crippen LogP contribution >= 0.6 is 11.6 Å². The Bertz CT molecular complexity index is 339. The lowest BCUT2D eigenvalue weighted by atomic mass is 10.2. The number of nitrogens with zero attached hydrogens (tertiary/aromatic N) is 3. The number of hydrogen-bond acceptors (Lipinski definition) is 4. The first-order chi connectivity index (χ1) is 6.54. The van der Waals surface area contributed by atoms with E-state index in [0.29, 0.717) is 6.54 Å². The molecule has 1 aromatic rings. The van der Waals surface area contributed by atoms with Crippen molar-refractivity contribution < 1.29 is 10.0 Å². The van der Waals surface area contributed by atoms with Crippen LogP contribution in [0.1, 0.15) is 6.92 Å². The molecule has 1 atom stereocenters. The number of halogens is 1. The Morgan fingerprint density at radius 1 is 1.86 bits per heavy atom. The standard InChI is InChI=1S/C7H10ClN3O3/c1-5(4-12)2-10-3-6(11(13)14)9-7(10)8/h3,5,12H,2,4H2,1H3/t5-/m0/s1. The maximum absolute atomic E-state index is 10.3. The van der Waals surface area contributed by atoms with E-state index in [2.05, 4.69) is 4.98 Å². The van der Waals surface area contributed by atoms with Crippen molar-refractivity contribution in [2.45, 2.75) is 13.5 Å². The number of aromatic nitrogens is 2. The highest BCUT2D eigenvalue weighted by atomic mass is 35.5. The second-order valence-corrected chi connectivity index (χ2v) is 3.40. The Kier molecular flexibility index (Phi) is 3.43. The van der Waals surface area contributed by atoms with E-state index in [-0.39, 0.29) is 23.6 Å². The highest BCUT2D eigenvalue weighted by Crippen LogP contribution is 2.16. The predicted octanol–water partition coefficient (Wildman–Crippen LogP) is 1.07. The lowest BCUT2D eigenvalue weighted by molar-refractivity contribution is -0.389. The van der Waals surface area contributed by atoms with Gasteiger partial charge < -0.3 is 15.2 Å². The number of aliphatic hydroxyl groups excluding tert-OH is 1. The largest absolute Gasteiger partial charge is 0.396 e. The molecule has 0 saturated carbocycles. The van der Waals surface area contributed by atoms with Crippen LogP contribution in [0, 0.1) is 16.0 Å². The van der Waals surface area contributed by atoms with Gasteiger partial charge in [0.25, 0.3) is 0 Å². The van der Waals surface area contributed by atoms with Gasteiger partial charge in [0.15, 0.2) is 0 Å². The van der Waals surface area contributed by atoms with Gasteiger partial charge in [-0.05, 0) is 27.4 Å². The number of rotatable bonds is 4. The van der Waals surface area contributed by atoms with Crippen molar-refractivity contribution in [3.63, 3.8) is 0 Å². The summed E-state index contributed by atoms with van der Waals surface area (Å²) < 4.78 is 1.45. The van der Waals surface area contributed by atoms with Crippen LogP contribution in [0.15, 0.2) is 6.20 Å². The summed E-state index contributed by atoms with van der Waals surface area (Å²) >= 11 is 5.66. The van der Waals surface area contributed by atoms with Crippen molar-refractivity contribution in [3.05, 3.63) is 21.6 Å². The Labute approximate surface area is 85.3 Å². The van der Waals surface area contributed by atoms with Crippen molar-refractivity contribution in [3.8, 4) is 0 Å². The number of nitro groups is 1. The molecule has 0 aliphatic heterocycles. The summed E-state index contributed by atoms with van der Waals surface area (Å²) in [7, 11) is 0. The molecule has 1 heterocycles. The lowest BCUT2D eigenvalue weighted by Crippen LogP contribution is -2.10. The van der Waals surface area contributed by atoms with Crippen LogP contribution in [0.4, 0.5) is 5.82 Å². The van der Waals surface area contributed by atoms with Gasteiger partial charge in [0.05, 0.1) is 0 Å². The topological polar surface area (TPSA) is 81.2 Å². The third kappa shape index (κ3) is 2.43. The second kappa shape index (κ2) is 4.39. The van der Waals surface area contributed by atoms with Crippen LogP contribution in [0.2, 0.25) is 5.28 Å². The Morgan fingerprint density at radius 2 is 2.50 bits per heavy atom. The molecule has 7 heteroatoms. The third-order valence-electron chi connectivity index (χ3n) is 1.72. The van der Waals surface area contributed by atoms with E-state index in [1.165, 1.54) is 10.8 Å². The number of imidazole rings is 1. The van der Waals surface area contributed by atoms with Gasteiger partial charge in [0.1, 0.15) is 6.20 Å². The van der Waals surface area contributed by atoms with Crippen LogP contribution in [0.5, 0.6) is 0 Å². The van der Waals surface area contributed by atoms with Crippen LogP contribution in [0.25, 0.3) is 0 Å². The van der Waals surface area contributed by atoms with Crippen LogP contribution in [0.3, 0.4) is 0 Å². The van der Waals surface area contributed by atoms with Crippen molar-refractivity contribution >= 4 is 17.4 Å². The van der Waals surface area contributed by atoms with E-state index in [9.17, 15) is 10.1 Å². The fourth-order valence-electron chi connectivity index (χ4n) is 0.990. The molecule has 0 saturated heterocycles. The second-order valence-electron chi connectivity index (χ2n) is 3.07. The van der Waals surface area contributed by atoms with Gasteiger partial charge >= 0.3 is 11.1 Å². The molecule has 6 nitrogen and oxygen atoms in total. The Hall–Kier alpha value is -1.14. The van der Waals surface area contributed by atoms with Gasteiger partial charge in [-0.2, -0.15) is 0 Å².